The van der Waals surface area contributed by atoms with Crippen molar-refractivity contribution in [2.24, 2.45) is 16.7 Å². The molecule has 1 aromatic rings. The zero-order valence-corrected chi connectivity index (χ0v) is 19.8. The predicted molar refractivity (Wildman–Crippen MR) is 122 cm³/mol. The van der Waals surface area contributed by atoms with E-state index in [2.05, 4.69) is 11.6 Å². The fourth-order valence-electron chi connectivity index (χ4n) is 4.78. The third-order valence-electron chi connectivity index (χ3n) is 7.01. The maximum atomic E-state index is 13.0. The van der Waals surface area contributed by atoms with Crippen molar-refractivity contribution in [2.75, 3.05) is 12.4 Å². The Morgan fingerprint density at radius 3 is 2.47 bits per heavy atom. The van der Waals surface area contributed by atoms with Crippen molar-refractivity contribution in [1.29, 1.82) is 0 Å². The number of nitrogens with one attached hydrogen (secondary N) is 1. The standard InChI is InChI=1S/C24H33NO6S/c1-4-5-6-13-31-19-9-7-17(8-10-19)14-20(22(27)28)25-32(29,30)16-24-12-11-18(15-21(24)26)23(24,2)3/h7-12,18,20,25H,4-6,13-16H2,1-3H3,(H,27,28). The third-order valence-corrected chi connectivity index (χ3v) is 8.49. The molecule has 0 aromatic heterocycles. The molecule has 32 heavy (non-hydrogen) atoms. The predicted octanol–water partition coefficient (Wildman–Crippen LogP) is 3.34. The van der Waals surface area contributed by atoms with Crippen LogP contribution < -0.4 is 9.46 Å². The topological polar surface area (TPSA) is 110 Å². The van der Waals surface area contributed by atoms with Gasteiger partial charge in [-0.3, -0.25) is 9.59 Å². The van der Waals surface area contributed by atoms with Crippen molar-refractivity contribution in [3.8, 4) is 5.75 Å². The minimum atomic E-state index is -4.03. The van der Waals surface area contributed by atoms with Gasteiger partial charge in [0.25, 0.3) is 0 Å². The fourth-order valence-corrected chi connectivity index (χ4v) is 6.71. The second-order valence-corrected chi connectivity index (χ2v) is 11.2. The molecule has 176 valence electrons. The van der Waals surface area contributed by atoms with Crippen LogP contribution in [0.2, 0.25) is 0 Å². The number of carbonyl (C=O) groups is 2. The first-order valence-corrected chi connectivity index (χ1v) is 12.8. The van der Waals surface area contributed by atoms with Gasteiger partial charge in [-0.15, -0.1) is 0 Å². The van der Waals surface area contributed by atoms with E-state index in [0.29, 0.717) is 24.3 Å². The molecule has 8 heteroatoms. The quantitative estimate of drug-likeness (QED) is 0.363. The highest BCUT2D eigenvalue weighted by Gasteiger charge is 2.62. The first-order chi connectivity index (χ1) is 15.0. The van der Waals surface area contributed by atoms with Gasteiger partial charge in [0.2, 0.25) is 10.0 Å². The summed E-state index contributed by atoms with van der Waals surface area (Å²) in [5, 5.41) is 9.63. The number of ketones is 1. The Hall–Kier alpha value is -2.19. The molecule has 7 nitrogen and oxygen atoms in total. The largest absolute Gasteiger partial charge is 0.494 e. The number of unbranched alkanes of at least 4 members (excludes halogenated alkanes) is 2. The zero-order valence-electron chi connectivity index (χ0n) is 19.0. The van der Waals surface area contributed by atoms with Crippen LogP contribution >= 0.6 is 0 Å². The van der Waals surface area contributed by atoms with E-state index < -0.39 is 38.6 Å². The molecule has 2 aliphatic rings. The molecule has 3 atom stereocenters. The average molecular weight is 464 g/mol. The van der Waals surface area contributed by atoms with Crippen LogP contribution in [0.3, 0.4) is 0 Å². The molecule has 2 aliphatic carbocycles. The monoisotopic (exact) mass is 463 g/mol. The molecular weight excluding hydrogens is 430 g/mol. The molecule has 0 saturated heterocycles. The Kier molecular flexibility index (Phi) is 7.15. The number of rotatable bonds is 12. The Morgan fingerprint density at radius 2 is 1.94 bits per heavy atom. The number of fused-ring (bicyclic) bond motifs is 2. The number of carboxylic acids is 1. The Labute approximate surface area is 190 Å². The second-order valence-electron chi connectivity index (χ2n) is 9.46. The van der Waals surface area contributed by atoms with Gasteiger partial charge in [-0.2, -0.15) is 0 Å². The number of hydrogen-bond donors (Lipinski definition) is 2. The summed E-state index contributed by atoms with van der Waals surface area (Å²) in [7, 11) is -4.03. The fraction of sp³-hybridized carbons (Fsp3) is 0.583. The van der Waals surface area contributed by atoms with E-state index in [1.165, 1.54) is 0 Å². The Balaban J connectivity index is 1.66. The molecule has 2 N–H and O–H groups in total. The first kappa shape index (κ1) is 24.5. The summed E-state index contributed by atoms with van der Waals surface area (Å²) in [6, 6.07) is 5.68. The van der Waals surface area contributed by atoms with Crippen molar-refractivity contribution in [3.05, 3.63) is 42.0 Å². The van der Waals surface area contributed by atoms with E-state index in [1.54, 1.807) is 30.3 Å². The van der Waals surface area contributed by atoms with Crippen LogP contribution in [0.5, 0.6) is 5.75 Å². The van der Waals surface area contributed by atoms with Crippen LogP contribution in [0.15, 0.2) is 36.4 Å². The summed E-state index contributed by atoms with van der Waals surface area (Å²) in [5.41, 5.74) is -0.939. The molecule has 1 saturated carbocycles. The summed E-state index contributed by atoms with van der Waals surface area (Å²) < 4.78 is 33.9. The molecule has 0 spiro atoms. The van der Waals surface area contributed by atoms with Gasteiger partial charge in [-0.25, -0.2) is 13.1 Å². The van der Waals surface area contributed by atoms with Crippen molar-refractivity contribution >= 4 is 21.8 Å². The zero-order chi connectivity index (χ0) is 23.6. The number of hydrogen-bond acceptors (Lipinski definition) is 5. The molecule has 3 rings (SSSR count). The number of carboxylic acid groups (broad SMARTS) is 1. The van der Waals surface area contributed by atoms with E-state index in [9.17, 15) is 23.1 Å². The number of allylic oxidation sites excluding steroid dienone is 2. The highest BCUT2D eigenvalue weighted by atomic mass is 32.2. The van der Waals surface area contributed by atoms with Gasteiger partial charge < -0.3 is 9.84 Å². The van der Waals surface area contributed by atoms with Crippen LogP contribution in [0.4, 0.5) is 0 Å². The number of benzene rings is 1. The second kappa shape index (κ2) is 9.35. The molecule has 1 aromatic carbocycles. The van der Waals surface area contributed by atoms with E-state index >= 15 is 0 Å². The van der Waals surface area contributed by atoms with Gasteiger partial charge in [0, 0.05) is 6.42 Å². The van der Waals surface area contributed by atoms with Crippen LogP contribution in [0, 0.1) is 16.7 Å². The SMILES string of the molecule is CCCCCOc1ccc(CC(NS(=O)(=O)CC23C=CC(CC2=O)C3(C)C)C(=O)O)cc1. The number of carbonyl (C=O) groups excluding carboxylic acids is 1. The summed E-state index contributed by atoms with van der Waals surface area (Å²) in [4.78, 5) is 24.4. The lowest BCUT2D eigenvalue weighted by Gasteiger charge is -2.35. The minimum absolute atomic E-state index is 0.00647. The molecule has 3 unspecified atom stereocenters. The third kappa shape index (κ3) is 4.91. The minimum Gasteiger partial charge on any atom is -0.494 e. The van der Waals surface area contributed by atoms with E-state index in [0.717, 1.165) is 19.3 Å². The van der Waals surface area contributed by atoms with Gasteiger partial charge in [0.05, 0.1) is 17.8 Å². The maximum Gasteiger partial charge on any atom is 0.322 e. The lowest BCUT2D eigenvalue weighted by molar-refractivity contribution is -0.138. The van der Waals surface area contributed by atoms with E-state index in [-0.39, 0.29) is 18.1 Å². The van der Waals surface area contributed by atoms with Gasteiger partial charge in [0.15, 0.2) is 0 Å². The van der Waals surface area contributed by atoms with Gasteiger partial charge in [-0.1, -0.05) is 57.9 Å². The van der Waals surface area contributed by atoms with Crippen LogP contribution in [-0.2, 0) is 26.0 Å². The first-order valence-electron chi connectivity index (χ1n) is 11.2. The Bertz CT molecular complexity index is 982. The number of sulfonamides is 1. The average Bonchev–Trinajstić information content (AvgIpc) is 3.05. The molecule has 1 fully saturated rings. The number of aliphatic carboxylic acids is 1. The smallest absolute Gasteiger partial charge is 0.322 e. The van der Waals surface area contributed by atoms with Crippen molar-refractivity contribution in [1.82, 2.24) is 4.72 Å². The highest BCUT2D eigenvalue weighted by Crippen LogP contribution is 2.60. The molecule has 2 bridgehead atoms. The van der Waals surface area contributed by atoms with E-state index in [1.807, 2.05) is 19.9 Å². The van der Waals surface area contributed by atoms with Gasteiger partial charge >= 0.3 is 5.97 Å². The number of ether oxygens (including phenoxy) is 1. The lowest BCUT2D eigenvalue weighted by Crippen LogP contribution is -2.49. The van der Waals surface area contributed by atoms with Gasteiger partial charge in [-0.05, 0) is 41.9 Å². The molecule has 0 heterocycles. The summed E-state index contributed by atoms with van der Waals surface area (Å²) in [6.45, 7) is 6.55. The normalized spacial score (nSPS) is 24.6. The highest BCUT2D eigenvalue weighted by molar-refractivity contribution is 7.89. The molecular formula is C24H33NO6S. The summed E-state index contributed by atoms with van der Waals surface area (Å²) in [6.07, 6.45) is 7.12. The molecule has 0 amide bonds. The van der Waals surface area contributed by atoms with Crippen LogP contribution in [0.1, 0.15) is 52.0 Å². The maximum absolute atomic E-state index is 13.0. The van der Waals surface area contributed by atoms with Gasteiger partial charge in [0.1, 0.15) is 17.6 Å². The molecule has 0 aliphatic heterocycles. The summed E-state index contributed by atoms with van der Waals surface area (Å²) >= 11 is 0. The van der Waals surface area contributed by atoms with E-state index in [4.69, 9.17) is 4.74 Å². The lowest BCUT2D eigenvalue weighted by atomic mass is 9.70. The van der Waals surface area contributed by atoms with Crippen molar-refractivity contribution < 1.29 is 27.9 Å². The summed E-state index contributed by atoms with van der Waals surface area (Å²) in [5.74, 6) is -1.08. The van der Waals surface area contributed by atoms with Crippen molar-refractivity contribution in [2.45, 2.75) is 58.9 Å². The Morgan fingerprint density at radius 1 is 1.25 bits per heavy atom. The van der Waals surface area contributed by atoms with Crippen LogP contribution in [-0.4, -0.2) is 43.7 Å². The number of Topliss-reactive ketones (excluding diaryl/α,β-unsaturated/α-hetero) is 1. The van der Waals surface area contributed by atoms with Crippen molar-refractivity contribution in [3.63, 3.8) is 0 Å². The van der Waals surface area contributed by atoms with Crippen LogP contribution in [0.25, 0.3) is 0 Å². The molecule has 0 radical (unpaired) electrons.